The topological polar surface area (TPSA) is 37.0 Å². The van der Waals surface area contributed by atoms with Crippen molar-refractivity contribution in [2.45, 2.75) is 19.0 Å². The van der Waals surface area contributed by atoms with E-state index in [-0.39, 0.29) is 22.6 Å². The van der Waals surface area contributed by atoms with Crippen molar-refractivity contribution in [2.75, 3.05) is 11.9 Å². The molecule has 0 radical (unpaired) electrons. The first-order chi connectivity index (χ1) is 10.2. The van der Waals surface area contributed by atoms with Crippen LogP contribution in [0.3, 0.4) is 0 Å². The summed E-state index contributed by atoms with van der Waals surface area (Å²) in [4.78, 5) is 4.27. The van der Waals surface area contributed by atoms with Gasteiger partial charge in [0.2, 0.25) is 0 Å². The summed E-state index contributed by atoms with van der Waals surface area (Å²) >= 11 is 3.08. The summed E-state index contributed by atoms with van der Waals surface area (Å²) in [5.41, 5.74) is 1.08. The summed E-state index contributed by atoms with van der Waals surface area (Å²) in [5, 5.41) is 6.44. The number of aromatic nitrogens is 1. The van der Waals surface area contributed by atoms with Gasteiger partial charge in [-0.1, -0.05) is 6.07 Å². The van der Waals surface area contributed by atoms with Crippen LogP contribution in [0.15, 0.2) is 34.9 Å². The molecule has 0 spiro atoms. The zero-order chi connectivity index (χ0) is 14.8. The van der Waals surface area contributed by atoms with Crippen LogP contribution < -0.4 is 10.6 Å². The Morgan fingerprint density at radius 3 is 3.05 bits per heavy atom. The number of nitrogens with one attached hydrogen (secondary N) is 2. The second-order valence-electron chi connectivity index (χ2n) is 4.91. The van der Waals surface area contributed by atoms with Crippen molar-refractivity contribution in [1.82, 2.24) is 10.3 Å². The molecular weight excluding hydrogens is 340 g/mol. The quantitative estimate of drug-likeness (QED) is 0.824. The lowest BCUT2D eigenvalue weighted by Gasteiger charge is -2.26. The first-order valence-corrected chi connectivity index (χ1v) is 7.50. The molecule has 1 aliphatic rings. The van der Waals surface area contributed by atoms with Crippen LogP contribution in [0.4, 0.5) is 14.6 Å². The molecule has 1 aromatic heterocycles. The molecule has 3 nitrogen and oxygen atoms in total. The third kappa shape index (κ3) is 2.91. The summed E-state index contributed by atoms with van der Waals surface area (Å²) in [6, 6.07) is 6.51. The first-order valence-electron chi connectivity index (χ1n) is 6.71. The van der Waals surface area contributed by atoms with Crippen molar-refractivity contribution in [3.63, 3.8) is 0 Å². The van der Waals surface area contributed by atoms with Crippen LogP contribution in [0.1, 0.15) is 23.6 Å². The molecule has 6 heteroatoms. The van der Waals surface area contributed by atoms with Gasteiger partial charge in [-0.15, -0.1) is 0 Å². The summed E-state index contributed by atoms with van der Waals surface area (Å²) in [7, 11) is 0. The Labute approximate surface area is 129 Å². The third-order valence-electron chi connectivity index (χ3n) is 3.60. The minimum absolute atomic E-state index is 0.0349. The number of nitrogens with zero attached hydrogens (tertiary/aromatic N) is 1. The number of anilines is 1. The lowest BCUT2D eigenvalue weighted by Crippen LogP contribution is -2.29. The molecule has 1 aromatic carbocycles. The molecule has 0 aliphatic carbocycles. The molecular formula is C15H14BrF2N3. The lowest BCUT2D eigenvalue weighted by atomic mass is 10.0. The average molecular weight is 354 g/mol. The van der Waals surface area contributed by atoms with Gasteiger partial charge in [0.1, 0.15) is 17.5 Å². The molecule has 1 atom stereocenters. The van der Waals surface area contributed by atoms with Crippen LogP contribution in [-0.4, -0.2) is 11.5 Å². The fourth-order valence-electron chi connectivity index (χ4n) is 2.51. The summed E-state index contributed by atoms with van der Waals surface area (Å²) in [5.74, 6) is -0.261. The minimum atomic E-state index is -0.553. The van der Waals surface area contributed by atoms with Gasteiger partial charge in [-0.2, -0.15) is 0 Å². The highest BCUT2D eigenvalue weighted by Crippen LogP contribution is 2.28. The zero-order valence-corrected chi connectivity index (χ0v) is 12.8. The van der Waals surface area contributed by atoms with Gasteiger partial charge in [0.05, 0.1) is 4.47 Å². The molecule has 0 bridgehead atoms. The summed E-state index contributed by atoms with van der Waals surface area (Å²) in [6.45, 7) is 0.918. The van der Waals surface area contributed by atoms with E-state index < -0.39 is 11.6 Å². The average Bonchev–Trinajstić information content (AvgIpc) is 2.51. The molecule has 2 heterocycles. The second kappa shape index (κ2) is 6.07. The van der Waals surface area contributed by atoms with Crippen LogP contribution >= 0.6 is 15.9 Å². The molecule has 1 unspecified atom stereocenters. The third-order valence-corrected chi connectivity index (χ3v) is 4.22. The normalized spacial score (nSPS) is 17.2. The Morgan fingerprint density at radius 2 is 2.19 bits per heavy atom. The SMILES string of the molecule is Fc1ccc(Br)c(F)c1CNC1CCNc2ncccc21. The van der Waals surface area contributed by atoms with Gasteiger partial charge in [-0.25, -0.2) is 13.8 Å². The number of halogens is 3. The number of hydrogen-bond acceptors (Lipinski definition) is 3. The maximum atomic E-state index is 14.0. The minimum Gasteiger partial charge on any atom is -0.370 e. The lowest BCUT2D eigenvalue weighted by molar-refractivity contribution is 0.470. The van der Waals surface area contributed by atoms with Crippen molar-refractivity contribution in [3.05, 3.63) is 57.7 Å². The number of fused-ring (bicyclic) bond motifs is 1. The fourth-order valence-corrected chi connectivity index (χ4v) is 2.88. The molecule has 1 aliphatic heterocycles. The van der Waals surface area contributed by atoms with Gasteiger partial charge >= 0.3 is 0 Å². The Kier molecular flexibility index (Phi) is 4.17. The highest BCUT2D eigenvalue weighted by atomic mass is 79.9. The van der Waals surface area contributed by atoms with Crippen LogP contribution in [0.5, 0.6) is 0 Å². The Hall–Kier alpha value is -1.53. The standard InChI is InChI=1S/C15H14BrF2N3/c16-11-3-4-12(17)10(14(11)18)8-21-13-5-7-20-15-9(13)2-1-6-19-15/h1-4,6,13,21H,5,7-8H2,(H,19,20). The van der Waals surface area contributed by atoms with E-state index in [1.807, 2.05) is 12.1 Å². The molecule has 3 rings (SSSR count). The van der Waals surface area contributed by atoms with E-state index in [4.69, 9.17) is 0 Å². The predicted molar refractivity (Wildman–Crippen MR) is 81.0 cm³/mol. The molecule has 0 saturated carbocycles. The predicted octanol–water partition coefficient (Wildman–Crippen LogP) is 3.77. The van der Waals surface area contributed by atoms with Crippen molar-refractivity contribution >= 4 is 21.7 Å². The highest BCUT2D eigenvalue weighted by Gasteiger charge is 2.21. The molecule has 110 valence electrons. The van der Waals surface area contributed by atoms with Crippen LogP contribution in [-0.2, 0) is 6.54 Å². The number of pyridine rings is 1. The maximum absolute atomic E-state index is 14.0. The number of hydrogen-bond donors (Lipinski definition) is 2. The van der Waals surface area contributed by atoms with E-state index in [0.29, 0.717) is 0 Å². The Bertz CT molecular complexity index is 663. The molecule has 2 aromatic rings. The number of benzene rings is 1. The van der Waals surface area contributed by atoms with Gasteiger partial charge in [0.15, 0.2) is 0 Å². The molecule has 2 N–H and O–H groups in total. The van der Waals surface area contributed by atoms with E-state index in [9.17, 15) is 8.78 Å². The maximum Gasteiger partial charge on any atom is 0.144 e. The Morgan fingerprint density at radius 1 is 1.33 bits per heavy atom. The van der Waals surface area contributed by atoms with Crippen LogP contribution in [0, 0.1) is 11.6 Å². The largest absolute Gasteiger partial charge is 0.370 e. The van der Waals surface area contributed by atoms with Crippen molar-refractivity contribution < 1.29 is 8.78 Å². The smallest absolute Gasteiger partial charge is 0.144 e. The highest BCUT2D eigenvalue weighted by molar-refractivity contribution is 9.10. The van der Waals surface area contributed by atoms with Gasteiger partial charge in [-0.3, -0.25) is 0 Å². The van der Waals surface area contributed by atoms with Gasteiger partial charge in [0.25, 0.3) is 0 Å². The first kappa shape index (κ1) is 14.4. The summed E-state index contributed by atoms with van der Waals surface area (Å²) in [6.07, 6.45) is 2.57. The number of rotatable bonds is 3. The van der Waals surface area contributed by atoms with Gasteiger partial charge in [-0.05, 0) is 40.5 Å². The molecule has 0 fully saturated rings. The van der Waals surface area contributed by atoms with E-state index in [0.717, 1.165) is 24.3 Å². The van der Waals surface area contributed by atoms with E-state index in [1.165, 1.54) is 12.1 Å². The van der Waals surface area contributed by atoms with E-state index in [2.05, 4.69) is 31.5 Å². The van der Waals surface area contributed by atoms with E-state index >= 15 is 0 Å². The van der Waals surface area contributed by atoms with Crippen molar-refractivity contribution in [2.24, 2.45) is 0 Å². The van der Waals surface area contributed by atoms with Crippen LogP contribution in [0.2, 0.25) is 0 Å². The zero-order valence-electron chi connectivity index (χ0n) is 11.2. The van der Waals surface area contributed by atoms with Gasteiger partial charge in [0, 0.05) is 36.5 Å². The summed E-state index contributed by atoms with van der Waals surface area (Å²) < 4.78 is 28.0. The monoisotopic (exact) mass is 353 g/mol. The Balaban J connectivity index is 1.79. The van der Waals surface area contributed by atoms with Crippen LogP contribution in [0.25, 0.3) is 0 Å². The molecule has 21 heavy (non-hydrogen) atoms. The molecule has 0 amide bonds. The molecule has 0 saturated heterocycles. The second-order valence-corrected chi connectivity index (χ2v) is 5.77. The van der Waals surface area contributed by atoms with Crippen molar-refractivity contribution in [3.8, 4) is 0 Å². The fraction of sp³-hybridized carbons (Fsp3) is 0.267. The van der Waals surface area contributed by atoms with E-state index in [1.54, 1.807) is 6.20 Å². The van der Waals surface area contributed by atoms with Gasteiger partial charge < -0.3 is 10.6 Å². The van der Waals surface area contributed by atoms with Crippen molar-refractivity contribution in [1.29, 1.82) is 0 Å².